The zero-order chi connectivity index (χ0) is 19.4. The van der Waals surface area contributed by atoms with Crippen LogP contribution in [0.3, 0.4) is 0 Å². The van der Waals surface area contributed by atoms with Crippen LogP contribution in [-0.2, 0) is 0 Å². The normalized spacial score (nSPS) is 11.6. The van der Waals surface area contributed by atoms with Crippen LogP contribution < -0.4 is 0 Å². The van der Waals surface area contributed by atoms with Gasteiger partial charge in [0.2, 0.25) is 0 Å². The van der Waals surface area contributed by atoms with E-state index in [4.69, 9.17) is 9.97 Å². The Hall–Kier alpha value is -4.34. The highest BCUT2D eigenvalue weighted by Gasteiger charge is 2.17. The van der Waals surface area contributed by atoms with Gasteiger partial charge in [0.15, 0.2) is 11.5 Å². The van der Waals surface area contributed by atoms with Gasteiger partial charge in [-0.25, -0.2) is 15.0 Å². The number of H-pyrrole nitrogens is 3. The summed E-state index contributed by atoms with van der Waals surface area (Å²) in [5.41, 5.74) is 7.29. The zero-order valence-corrected chi connectivity index (χ0v) is 15.2. The lowest BCUT2D eigenvalue weighted by Gasteiger charge is -2.01. The quantitative estimate of drug-likeness (QED) is 0.431. The third-order valence-electron chi connectivity index (χ3n) is 4.79. The van der Waals surface area contributed by atoms with Crippen LogP contribution in [0.5, 0.6) is 0 Å². The van der Waals surface area contributed by atoms with Crippen LogP contribution in [0.1, 0.15) is 5.69 Å². The Morgan fingerprint density at radius 2 is 1.97 bits per heavy atom. The summed E-state index contributed by atoms with van der Waals surface area (Å²) in [6, 6.07) is 3.88. The standard InChI is InChI=1S/C19H14N10/c1-10-8-29(9-21-10)15-7-20-6-14-16(15)26-19(25-14)18-17-13(27-28-18)3-2-12(24-17)11-4-22-23-5-11/h2-9H,1H3,(H,22,23)(H,25,26)(H,27,28). The van der Waals surface area contributed by atoms with Crippen molar-refractivity contribution in [3.05, 3.63) is 55.1 Å². The molecule has 10 heteroatoms. The van der Waals surface area contributed by atoms with Crippen LogP contribution in [0.25, 0.3) is 50.5 Å². The third kappa shape index (κ3) is 2.42. The summed E-state index contributed by atoms with van der Waals surface area (Å²) in [6.45, 7) is 1.94. The molecule has 0 radical (unpaired) electrons. The van der Waals surface area contributed by atoms with Gasteiger partial charge < -0.3 is 9.55 Å². The topological polar surface area (TPSA) is 130 Å². The molecule has 10 nitrogen and oxygen atoms in total. The molecule has 0 saturated carbocycles. The Labute approximate surface area is 163 Å². The lowest BCUT2D eigenvalue weighted by Crippen LogP contribution is -1.92. The van der Waals surface area contributed by atoms with Crippen molar-refractivity contribution in [3.8, 4) is 28.5 Å². The van der Waals surface area contributed by atoms with E-state index >= 15 is 0 Å². The highest BCUT2D eigenvalue weighted by Crippen LogP contribution is 2.28. The molecule has 0 spiro atoms. The molecule has 29 heavy (non-hydrogen) atoms. The molecule has 0 fully saturated rings. The van der Waals surface area contributed by atoms with Gasteiger partial charge in [-0.3, -0.25) is 15.2 Å². The number of nitrogens with zero attached hydrogens (tertiary/aromatic N) is 7. The molecule has 6 aromatic rings. The second-order valence-corrected chi connectivity index (χ2v) is 6.71. The monoisotopic (exact) mass is 382 g/mol. The van der Waals surface area contributed by atoms with Crippen molar-refractivity contribution in [2.75, 3.05) is 0 Å². The Bertz CT molecular complexity index is 1470. The van der Waals surface area contributed by atoms with Gasteiger partial charge in [-0.15, -0.1) is 0 Å². The number of nitrogens with one attached hydrogen (secondary N) is 3. The first-order valence-corrected chi connectivity index (χ1v) is 8.95. The van der Waals surface area contributed by atoms with Crippen molar-refractivity contribution >= 4 is 22.1 Å². The van der Waals surface area contributed by atoms with E-state index in [1.54, 1.807) is 31.1 Å². The Kier molecular flexibility index (Phi) is 3.15. The van der Waals surface area contributed by atoms with Gasteiger partial charge in [-0.05, 0) is 19.1 Å². The summed E-state index contributed by atoms with van der Waals surface area (Å²) < 4.78 is 1.91. The Balaban J connectivity index is 1.53. The van der Waals surface area contributed by atoms with Crippen LogP contribution >= 0.6 is 0 Å². The lowest BCUT2D eigenvalue weighted by atomic mass is 10.2. The van der Waals surface area contributed by atoms with Crippen LogP contribution in [-0.4, -0.2) is 49.9 Å². The van der Waals surface area contributed by atoms with Gasteiger partial charge in [-0.2, -0.15) is 10.2 Å². The number of pyridine rings is 2. The number of hydrogen-bond acceptors (Lipinski definition) is 6. The van der Waals surface area contributed by atoms with E-state index in [2.05, 4.69) is 35.3 Å². The molecular formula is C19H14N10. The van der Waals surface area contributed by atoms with E-state index in [0.717, 1.165) is 44.7 Å². The minimum absolute atomic E-state index is 0.620. The maximum atomic E-state index is 4.80. The van der Waals surface area contributed by atoms with Crippen LogP contribution in [0.2, 0.25) is 0 Å². The summed E-state index contributed by atoms with van der Waals surface area (Å²) in [5, 5.41) is 14.3. The van der Waals surface area contributed by atoms with Crippen molar-refractivity contribution in [3.63, 3.8) is 0 Å². The first kappa shape index (κ1) is 15.7. The largest absolute Gasteiger partial charge is 0.335 e. The second-order valence-electron chi connectivity index (χ2n) is 6.71. The maximum absolute atomic E-state index is 4.80. The van der Waals surface area contributed by atoms with Gasteiger partial charge in [0.05, 0.1) is 53.0 Å². The number of aromatic nitrogens is 10. The first-order valence-electron chi connectivity index (χ1n) is 8.95. The van der Waals surface area contributed by atoms with Gasteiger partial charge in [0.1, 0.15) is 11.0 Å². The SMILES string of the molecule is Cc1cn(-c2cncc3[nH]c(-c4n[nH]c5ccc(-c6cn[nH]c6)nc45)nc23)cn1. The maximum Gasteiger partial charge on any atom is 0.161 e. The molecule has 0 aromatic carbocycles. The van der Waals surface area contributed by atoms with E-state index in [9.17, 15) is 0 Å². The Morgan fingerprint density at radius 3 is 2.79 bits per heavy atom. The number of rotatable bonds is 3. The molecule has 6 aromatic heterocycles. The second kappa shape index (κ2) is 5.83. The molecule has 0 aliphatic rings. The lowest BCUT2D eigenvalue weighted by molar-refractivity contribution is 1.05. The fraction of sp³-hybridized carbons (Fsp3) is 0.0526. The smallest absolute Gasteiger partial charge is 0.161 e. The van der Waals surface area contributed by atoms with E-state index in [0.29, 0.717) is 11.5 Å². The summed E-state index contributed by atoms with van der Waals surface area (Å²) in [4.78, 5) is 21.5. The molecule has 140 valence electrons. The van der Waals surface area contributed by atoms with Crippen LogP contribution in [0.4, 0.5) is 0 Å². The number of hydrogen-bond donors (Lipinski definition) is 3. The summed E-state index contributed by atoms with van der Waals surface area (Å²) in [7, 11) is 0. The Morgan fingerprint density at radius 1 is 1.00 bits per heavy atom. The number of imidazole rings is 2. The summed E-state index contributed by atoms with van der Waals surface area (Å²) in [6.07, 6.45) is 10.8. The number of fused-ring (bicyclic) bond motifs is 2. The minimum atomic E-state index is 0.620. The molecule has 0 saturated heterocycles. The van der Waals surface area contributed by atoms with E-state index < -0.39 is 0 Å². The van der Waals surface area contributed by atoms with Crippen molar-refractivity contribution in [2.24, 2.45) is 0 Å². The number of aryl methyl sites for hydroxylation is 1. The van der Waals surface area contributed by atoms with Crippen molar-refractivity contribution in [1.82, 2.24) is 49.9 Å². The molecule has 0 amide bonds. The van der Waals surface area contributed by atoms with Crippen molar-refractivity contribution in [2.45, 2.75) is 6.92 Å². The molecule has 6 rings (SSSR count). The first-order chi connectivity index (χ1) is 14.3. The van der Waals surface area contributed by atoms with E-state index in [-0.39, 0.29) is 0 Å². The highest BCUT2D eigenvalue weighted by atomic mass is 15.2. The molecule has 0 bridgehead atoms. The molecule has 3 N–H and O–H groups in total. The molecule has 0 unspecified atom stereocenters. The van der Waals surface area contributed by atoms with Gasteiger partial charge in [-0.1, -0.05) is 0 Å². The summed E-state index contributed by atoms with van der Waals surface area (Å²) >= 11 is 0. The van der Waals surface area contributed by atoms with E-state index in [1.807, 2.05) is 29.8 Å². The molecule has 0 aliphatic carbocycles. The van der Waals surface area contributed by atoms with Gasteiger partial charge in [0, 0.05) is 18.0 Å². The minimum Gasteiger partial charge on any atom is -0.335 e. The summed E-state index contributed by atoms with van der Waals surface area (Å²) in [5.74, 6) is 0.620. The molecule has 0 aliphatic heterocycles. The van der Waals surface area contributed by atoms with E-state index in [1.165, 1.54) is 0 Å². The predicted molar refractivity (Wildman–Crippen MR) is 106 cm³/mol. The zero-order valence-electron chi connectivity index (χ0n) is 15.2. The molecule has 0 atom stereocenters. The van der Waals surface area contributed by atoms with Crippen LogP contribution in [0, 0.1) is 6.92 Å². The molecule has 6 heterocycles. The molecular weight excluding hydrogens is 368 g/mol. The average molecular weight is 382 g/mol. The average Bonchev–Trinajstić information content (AvgIpc) is 3.51. The number of aromatic amines is 3. The highest BCUT2D eigenvalue weighted by molar-refractivity contribution is 5.92. The fourth-order valence-electron chi connectivity index (χ4n) is 3.39. The van der Waals surface area contributed by atoms with Crippen molar-refractivity contribution in [1.29, 1.82) is 0 Å². The predicted octanol–water partition coefficient (Wildman–Crippen LogP) is 2.78. The van der Waals surface area contributed by atoms with Crippen LogP contribution in [0.15, 0.2) is 49.4 Å². The fourth-order valence-corrected chi connectivity index (χ4v) is 3.39. The van der Waals surface area contributed by atoms with Crippen molar-refractivity contribution < 1.29 is 0 Å². The van der Waals surface area contributed by atoms with Gasteiger partial charge >= 0.3 is 0 Å². The third-order valence-corrected chi connectivity index (χ3v) is 4.79. The van der Waals surface area contributed by atoms with Gasteiger partial charge in [0.25, 0.3) is 0 Å².